The third-order valence-electron chi connectivity index (χ3n) is 11.2. The number of nitrogens with one attached hydrogen (secondary N) is 1. The minimum absolute atomic E-state index is 0.0319. The maximum atomic E-state index is 14.4. The van der Waals surface area contributed by atoms with Crippen LogP contribution in [-0.4, -0.2) is 82.1 Å². The van der Waals surface area contributed by atoms with E-state index in [4.69, 9.17) is 37.5 Å². The highest BCUT2D eigenvalue weighted by molar-refractivity contribution is 7.53. The van der Waals surface area contributed by atoms with Crippen molar-refractivity contribution in [3.63, 3.8) is 0 Å². The lowest BCUT2D eigenvalue weighted by atomic mass is 9.82. The summed E-state index contributed by atoms with van der Waals surface area (Å²) in [5.41, 5.74) is 22.0. The van der Waals surface area contributed by atoms with Gasteiger partial charge in [-0.3, -0.25) is 9.09 Å². The van der Waals surface area contributed by atoms with Crippen LogP contribution in [0.15, 0.2) is 101 Å². The van der Waals surface area contributed by atoms with Crippen LogP contribution >= 0.6 is 7.60 Å². The Morgan fingerprint density at radius 1 is 0.677 bits per heavy atom. The first-order valence-electron chi connectivity index (χ1n) is 21.2. The number of amides is 1. The molecule has 1 N–H and O–H groups in total. The van der Waals surface area contributed by atoms with E-state index >= 15 is 0 Å². The zero-order chi connectivity index (χ0) is 44.2. The van der Waals surface area contributed by atoms with Gasteiger partial charge in [-0.1, -0.05) is 135 Å². The van der Waals surface area contributed by atoms with E-state index in [1.807, 2.05) is 112 Å². The molecule has 336 valence electrons. The van der Waals surface area contributed by atoms with E-state index in [-0.39, 0.29) is 38.3 Å². The van der Waals surface area contributed by atoms with Gasteiger partial charge in [0.15, 0.2) is 12.6 Å². The summed E-state index contributed by atoms with van der Waals surface area (Å²) in [7, 11) is -4.03. The summed E-state index contributed by atoms with van der Waals surface area (Å²) in [6.07, 6.45) is -1.72. The standard InChI is InChI=1S/C44H60N7O10P/c1-31-32(2)39(48-50-45)43(58-37(31)29-54-26-34-18-10-7-11-19-34)61-62(4,53)60-41-33(3)40(49-51-46)42(59-38(41)30-55-27-35-20-12-8-13-21-35)56-25-17-6-5-16-24-47-44(52)57-28-36-22-14-9-15-23-36/h7-15,18-23,31-33,37-43H,5-6,16-17,24-30H2,1-4H3,(H,47,52)/t31-,32-,33+,37?,38?,39?,40?,41-,42-,43+,62?/m0/s1. The van der Waals surface area contributed by atoms with Gasteiger partial charge in [0.25, 0.3) is 0 Å². The minimum Gasteiger partial charge on any atom is -0.445 e. The number of alkyl carbamates (subject to hydrolysis) is 1. The van der Waals surface area contributed by atoms with Gasteiger partial charge in [-0.2, -0.15) is 0 Å². The second-order valence-corrected chi connectivity index (χ2v) is 17.7. The Bertz CT molecular complexity index is 1930. The molecule has 3 aromatic carbocycles. The molecular weight excluding hydrogens is 817 g/mol. The van der Waals surface area contributed by atoms with E-state index in [2.05, 4.69) is 25.4 Å². The molecule has 18 heteroatoms. The average molecular weight is 878 g/mol. The second-order valence-electron chi connectivity index (χ2n) is 15.8. The van der Waals surface area contributed by atoms with Gasteiger partial charge in [-0.05, 0) is 58.3 Å². The molecular formula is C44H60N7O10P. The number of rotatable bonds is 24. The zero-order valence-electron chi connectivity index (χ0n) is 35.9. The van der Waals surface area contributed by atoms with Gasteiger partial charge in [0.1, 0.15) is 12.7 Å². The number of nitrogens with zero attached hydrogens (tertiary/aromatic N) is 6. The van der Waals surface area contributed by atoms with Crippen LogP contribution in [0.5, 0.6) is 0 Å². The van der Waals surface area contributed by atoms with Crippen LogP contribution in [0.1, 0.15) is 63.1 Å². The van der Waals surface area contributed by atoms with Crippen molar-refractivity contribution in [1.82, 2.24) is 5.32 Å². The molecule has 2 fully saturated rings. The number of hydrogen-bond acceptors (Lipinski definition) is 12. The summed E-state index contributed by atoms with van der Waals surface area (Å²) in [6.45, 7) is 8.98. The number of benzene rings is 3. The van der Waals surface area contributed by atoms with Gasteiger partial charge in [-0.25, -0.2) is 4.79 Å². The maximum absolute atomic E-state index is 14.4. The minimum atomic E-state index is -4.03. The molecule has 17 nitrogen and oxygen atoms in total. The van der Waals surface area contributed by atoms with E-state index in [1.165, 1.54) is 6.66 Å². The monoisotopic (exact) mass is 877 g/mol. The number of unbranched alkanes of at least 4 members (excludes halogenated alkanes) is 3. The molecule has 2 aliphatic heterocycles. The fourth-order valence-corrected chi connectivity index (χ4v) is 8.82. The summed E-state index contributed by atoms with van der Waals surface area (Å²) >= 11 is 0. The van der Waals surface area contributed by atoms with E-state index in [0.717, 1.165) is 36.0 Å². The van der Waals surface area contributed by atoms with Crippen LogP contribution < -0.4 is 5.32 Å². The van der Waals surface area contributed by atoms with Crippen molar-refractivity contribution in [3.8, 4) is 0 Å². The van der Waals surface area contributed by atoms with E-state index < -0.39 is 62.6 Å². The highest BCUT2D eigenvalue weighted by Crippen LogP contribution is 2.52. The average Bonchev–Trinajstić information content (AvgIpc) is 3.27. The van der Waals surface area contributed by atoms with Crippen molar-refractivity contribution in [2.75, 3.05) is 33.0 Å². The molecule has 0 aliphatic carbocycles. The zero-order valence-corrected chi connectivity index (χ0v) is 36.8. The fourth-order valence-electron chi connectivity index (χ4n) is 7.45. The van der Waals surface area contributed by atoms with Gasteiger partial charge < -0.3 is 38.3 Å². The Kier molecular flexibility index (Phi) is 20.0. The number of ether oxygens (including phenoxy) is 6. The van der Waals surface area contributed by atoms with Gasteiger partial charge in [0.05, 0.1) is 50.7 Å². The summed E-state index contributed by atoms with van der Waals surface area (Å²) in [5.74, 6) is -0.877. The predicted molar refractivity (Wildman–Crippen MR) is 231 cm³/mol. The summed E-state index contributed by atoms with van der Waals surface area (Å²) in [6, 6.07) is 27.2. The molecule has 0 aromatic heterocycles. The van der Waals surface area contributed by atoms with E-state index in [1.54, 1.807) is 0 Å². The lowest BCUT2D eigenvalue weighted by Crippen LogP contribution is -2.55. The van der Waals surface area contributed by atoms with Gasteiger partial charge >= 0.3 is 13.7 Å². The third kappa shape index (κ3) is 15.4. The molecule has 3 aromatic rings. The lowest BCUT2D eigenvalue weighted by molar-refractivity contribution is -0.255. The lowest BCUT2D eigenvalue weighted by Gasteiger charge is -2.45. The summed E-state index contributed by atoms with van der Waals surface area (Å²) in [4.78, 5) is 18.2. The summed E-state index contributed by atoms with van der Waals surface area (Å²) < 4.78 is 63.3. The van der Waals surface area contributed by atoms with E-state index in [0.29, 0.717) is 26.2 Å². The molecule has 0 spiro atoms. The van der Waals surface area contributed by atoms with Crippen molar-refractivity contribution in [2.24, 2.45) is 28.0 Å². The number of carbonyl (C=O) groups is 1. The number of hydrogen-bond donors (Lipinski definition) is 1. The van der Waals surface area contributed by atoms with Crippen LogP contribution in [0.4, 0.5) is 4.79 Å². The van der Waals surface area contributed by atoms with Gasteiger partial charge in [0.2, 0.25) is 0 Å². The molecule has 1 amide bonds. The smallest absolute Gasteiger partial charge is 0.407 e. The second kappa shape index (κ2) is 25.6. The van der Waals surface area contributed by atoms with Crippen molar-refractivity contribution < 1.29 is 46.8 Å². The molecule has 5 unspecified atom stereocenters. The Hall–Kier alpha value is -4.50. The topological polar surface area (TPSA) is 218 Å². The van der Waals surface area contributed by atoms with Crippen molar-refractivity contribution in [1.29, 1.82) is 0 Å². The number of carbonyl (C=O) groups excluding carboxylic acids is 1. The molecule has 2 aliphatic rings. The molecule has 2 saturated heterocycles. The molecule has 62 heavy (non-hydrogen) atoms. The van der Waals surface area contributed by atoms with E-state index in [9.17, 15) is 20.4 Å². The Labute approximate surface area is 363 Å². The fraction of sp³-hybridized carbons (Fsp3) is 0.568. The van der Waals surface area contributed by atoms with Crippen molar-refractivity contribution >= 4 is 13.7 Å². The maximum Gasteiger partial charge on any atom is 0.407 e. The predicted octanol–water partition coefficient (Wildman–Crippen LogP) is 9.86. The largest absolute Gasteiger partial charge is 0.445 e. The quantitative estimate of drug-likeness (QED) is 0.0295. The van der Waals surface area contributed by atoms with Crippen LogP contribution in [0.3, 0.4) is 0 Å². The first-order chi connectivity index (χ1) is 30.1. The van der Waals surface area contributed by atoms with Crippen LogP contribution in [0, 0.1) is 17.8 Å². The first kappa shape index (κ1) is 48.5. The van der Waals surface area contributed by atoms with Crippen LogP contribution in [0.2, 0.25) is 0 Å². The molecule has 0 saturated carbocycles. The molecule has 5 rings (SSSR count). The molecule has 2 heterocycles. The highest BCUT2D eigenvalue weighted by Gasteiger charge is 2.49. The molecule has 0 bridgehead atoms. The number of azide groups is 2. The summed E-state index contributed by atoms with van der Waals surface area (Å²) in [5, 5.41) is 10.8. The SMILES string of the molecule is C[C@@H]1C(COCc2ccccc2)O[C@H](OP(C)(=O)O[C@@H]2C(COCc3ccccc3)O[C@H](OCCCCCCNC(=O)OCc3ccccc3)C(N=[N+]=[N-])[C@H]2C)C(N=[N+]=[N-])[C@H]1C. The first-order valence-corrected chi connectivity index (χ1v) is 23.2. The van der Waals surface area contributed by atoms with Crippen LogP contribution in [-0.2, 0) is 61.9 Å². The van der Waals surface area contributed by atoms with Crippen molar-refractivity contribution in [2.45, 2.75) is 109 Å². The third-order valence-corrected chi connectivity index (χ3v) is 12.4. The molecule has 11 atom stereocenters. The normalized spacial score (nSPS) is 26.9. The Morgan fingerprint density at radius 2 is 1.19 bits per heavy atom. The van der Waals surface area contributed by atoms with Crippen molar-refractivity contribution in [3.05, 3.63) is 129 Å². The van der Waals surface area contributed by atoms with Gasteiger partial charge in [0, 0.05) is 29.6 Å². The Morgan fingerprint density at radius 3 is 1.77 bits per heavy atom. The highest BCUT2D eigenvalue weighted by atomic mass is 31.2. The van der Waals surface area contributed by atoms with Crippen LogP contribution in [0.25, 0.3) is 20.9 Å². The Balaban J connectivity index is 1.18. The van der Waals surface area contributed by atoms with Gasteiger partial charge in [-0.15, -0.1) is 0 Å². The molecule has 0 radical (unpaired) electrons.